The Labute approximate surface area is 202 Å². The number of likely N-dealkylation sites (N-methyl/N-ethyl adjacent to an activating group) is 1. The van der Waals surface area contributed by atoms with Crippen LogP contribution in [0.1, 0.15) is 29.9 Å². The molecule has 0 aromatic carbocycles. The number of amides is 2. The molecule has 180 valence electrons. The number of aromatic nitrogens is 3. The average Bonchev–Trinajstić information content (AvgIpc) is 3.19. The van der Waals surface area contributed by atoms with E-state index >= 15 is 0 Å². The molecule has 0 bridgehead atoms. The van der Waals surface area contributed by atoms with Gasteiger partial charge in [-0.25, -0.2) is 24.5 Å². The van der Waals surface area contributed by atoms with Crippen LogP contribution in [0.4, 0.5) is 10.6 Å². The van der Waals surface area contributed by atoms with Crippen molar-refractivity contribution in [2.24, 2.45) is 0 Å². The van der Waals surface area contributed by atoms with E-state index in [1.807, 2.05) is 45.1 Å². The standard InChI is InChI=1S/C23H28N6O4S/c1-6-24-23(32)28-19-8-17(21-27-13(2)12-34-21)18(10-25-19)16-7-15(22(30)31)9-26-20(16)33-14(3)11-29(4)5/h7-10,12,14H,6,11H2,1-5H3,(H,30,31)(H2,24,25,28,32). The van der Waals surface area contributed by atoms with E-state index in [0.717, 1.165) is 5.69 Å². The van der Waals surface area contributed by atoms with Gasteiger partial charge in [-0.1, -0.05) is 0 Å². The molecule has 3 N–H and O–H groups in total. The van der Waals surface area contributed by atoms with Gasteiger partial charge < -0.3 is 20.1 Å². The molecule has 0 aliphatic carbocycles. The van der Waals surface area contributed by atoms with E-state index in [2.05, 4.69) is 25.6 Å². The highest BCUT2D eigenvalue weighted by Gasteiger charge is 2.21. The minimum absolute atomic E-state index is 0.0217. The van der Waals surface area contributed by atoms with E-state index in [4.69, 9.17) is 4.74 Å². The number of anilines is 1. The van der Waals surface area contributed by atoms with Gasteiger partial charge in [0.15, 0.2) is 0 Å². The van der Waals surface area contributed by atoms with Gasteiger partial charge in [-0.3, -0.25) is 5.32 Å². The second-order valence-corrected chi connectivity index (χ2v) is 8.82. The lowest BCUT2D eigenvalue weighted by molar-refractivity contribution is 0.0696. The summed E-state index contributed by atoms with van der Waals surface area (Å²) in [6.45, 7) is 6.75. The van der Waals surface area contributed by atoms with Crippen molar-refractivity contribution in [3.63, 3.8) is 0 Å². The third-order valence-corrected chi connectivity index (χ3v) is 5.65. The monoisotopic (exact) mass is 484 g/mol. The summed E-state index contributed by atoms with van der Waals surface area (Å²) in [6.07, 6.45) is 2.64. The van der Waals surface area contributed by atoms with Crippen molar-refractivity contribution >= 4 is 29.2 Å². The molecular weight excluding hydrogens is 456 g/mol. The van der Waals surface area contributed by atoms with Crippen molar-refractivity contribution in [3.05, 3.63) is 41.2 Å². The molecule has 3 heterocycles. The maximum atomic E-state index is 12.0. The summed E-state index contributed by atoms with van der Waals surface area (Å²) in [5, 5.41) is 17.5. The van der Waals surface area contributed by atoms with Crippen LogP contribution in [0.25, 0.3) is 21.7 Å². The van der Waals surface area contributed by atoms with Crippen LogP contribution in [0.2, 0.25) is 0 Å². The van der Waals surface area contributed by atoms with E-state index in [1.54, 1.807) is 12.3 Å². The summed E-state index contributed by atoms with van der Waals surface area (Å²) in [6, 6.07) is 2.86. The van der Waals surface area contributed by atoms with Gasteiger partial charge in [0.05, 0.1) is 5.56 Å². The molecule has 3 aromatic rings. The van der Waals surface area contributed by atoms with Crippen LogP contribution in [0.15, 0.2) is 29.9 Å². The van der Waals surface area contributed by atoms with Crippen LogP contribution in [-0.2, 0) is 0 Å². The molecule has 1 atom stereocenters. The van der Waals surface area contributed by atoms with E-state index in [1.165, 1.54) is 23.6 Å². The molecule has 34 heavy (non-hydrogen) atoms. The first-order chi connectivity index (χ1) is 16.2. The lowest BCUT2D eigenvalue weighted by atomic mass is 10.0. The minimum Gasteiger partial charge on any atom is -0.478 e. The normalized spacial score (nSPS) is 11.8. The third kappa shape index (κ3) is 6.27. The predicted octanol–water partition coefficient (Wildman–Crippen LogP) is 3.74. The van der Waals surface area contributed by atoms with E-state index in [9.17, 15) is 14.7 Å². The number of carboxylic acids is 1. The number of rotatable bonds is 9. The maximum absolute atomic E-state index is 12.0. The molecule has 0 aliphatic rings. The Morgan fingerprint density at radius 1 is 1.18 bits per heavy atom. The fourth-order valence-electron chi connectivity index (χ4n) is 3.31. The molecule has 3 aromatic heterocycles. The third-order valence-electron chi connectivity index (χ3n) is 4.66. The van der Waals surface area contributed by atoms with Gasteiger partial charge in [0, 0.05) is 53.2 Å². The predicted molar refractivity (Wildman–Crippen MR) is 132 cm³/mol. The molecule has 0 aliphatic heterocycles. The number of pyridine rings is 2. The molecule has 0 saturated heterocycles. The fourth-order valence-corrected chi connectivity index (χ4v) is 4.14. The topological polar surface area (TPSA) is 130 Å². The van der Waals surface area contributed by atoms with Crippen LogP contribution < -0.4 is 15.4 Å². The van der Waals surface area contributed by atoms with Gasteiger partial charge in [-0.05, 0) is 47.0 Å². The van der Waals surface area contributed by atoms with E-state index < -0.39 is 5.97 Å². The number of hydrogen-bond acceptors (Lipinski definition) is 8. The number of thiazole rings is 1. The summed E-state index contributed by atoms with van der Waals surface area (Å²) in [4.78, 5) is 39.0. The van der Waals surface area contributed by atoms with Crippen LogP contribution in [0, 0.1) is 6.92 Å². The summed E-state index contributed by atoms with van der Waals surface area (Å²) in [7, 11) is 3.88. The molecule has 3 rings (SSSR count). The van der Waals surface area contributed by atoms with Gasteiger partial charge in [0.25, 0.3) is 0 Å². The van der Waals surface area contributed by atoms with Gasteiger partial charge >= 0.3 is 12.0 Å². The summed E-state index contributed by atoms with van der Waals surface area (Å²) >= 11 is 1.44. The van der Waals surface area contributed by atoms with E-state index in [0.29, 0.717) is 46.5 Å². The number of carbonyl (C=O) groups is 2. The SMILES string of the molecule is CCNC(=O)Nc1cc(-c2nc(C)cs2)c(-c2cc(C(=O)O)cnc2OC(C)CN(C)C)cn1. The Hall–Kier alpha value is -3.57. The molecule has 0 fully saturated rings. The first kappa shape index (κ1) is 25.1. The quantitative estimate of drug-likeness (QED) is 0.419. The number of hydrogen-bond donors (Lipinski definition) is 3. The first-order valence-corrected chi connectivity index (χ1v) is 11.6. The van der Waals surface area contributed by atoms with Crippen molar-refractivity contribution < 1.29 is 19.4 Å². The molecule has 0 saturated carbocycles. The Morgan fingerprint density at radius 2 is 1.94 bits per heavy atom. The number of urea groups is 1. The second kappa shape index (κ2) is 11.0. The smallest absolute Gasteiger partial charge is 0.337 e. The van der Waals surface area contributed by atoms with Crippen LogP contribution in [0.5, 0.6) is 5.88 Å². The highest BCUT2D eigenvalue weighted by molar-refractivity contribution is 7.13. The number of carbonyl (C=O) groups excluding carboxylic acids is 1. The highest BCUT2D eigenvalue weighted by atomic mass is 32.1. The number of aromatic carboxylic acids is 1. The van der Waals surface area contributed by atoms with Crippen LogP contribution in [-0.4, -0.2) is 70.2 Å². The number of nitrogens with zero attached hydrogens (tertiary/aromatic N) is 4. The van der Waals surface area contributed by atoms with Gasteiger partial charge in [0.1, 0.15) is 16.9 Å². The van der Waals surface area contributed by atoms with Crippen molar-refractivity contribution in [2.45, 2.75) is 26.9 Å². The van der Waals surface area contributed by atoms with Crippen LogP contribution >= 0.6 is 11.3 Å². The zero-order valence-electron chi connectivity index (χ0n) is 19.7. The van der Waals surface area contributed by atoms with E-state index in [-0.39, 0.29) is 17.7 Å². The van der Waals surface area contributed by atoms with Crippen molar-refractivity contribution in [2.75, 3.05) is 32.5 Å². The largest absolute Gasteiger partial charge is 0.478 e. The number of nitrogens with one attached hydrogen (secondary N) is 2. The van der Waals surface area contributed by atoms with Crippen molar-refractivity contribution in [1.82, 2.24) is 25.2 Å². The summed E-state index contributed by atoms with van der Waals surface area (Å²) in [5.74, 6) is -0.473. The molecule has 10 nitrogen and oxygen atoms in total. The Morgan fingerprint density at radius 3 is 2.56 bits per heavy atom. The Balaban J connectivity index is 2.15. The van der Waals surface area contributed by atoms with Gasteiger partial charge in [-0.2, -0.15) is 0 Å². The average molecular weight is 485 g/mol. The summed E-state index contributed by atoms with van der Waals surface area (Å²) < 4.78 is 6.10. The lowest BCUT2D eigenvalue weighted by Gasteiger charge is -2.20. The Bertz CT molecular complexity index is 1180. The Kier molecular flexibility index (Phi) is 8.13. The molecule has 0 spiro atoms. The second-order valence-electron chi connectivity index (χ2n) is 7.97. The molecule has 2 amide bonds. The van der Waals surface area contributed by atoms with Crippen molar-refractivity contribution in [3.8, 4) is 27.6 Å². The zero-order chi connectivity index (χ0) is 24.8. The molecule has 0 radical (unpaired) electrons. The van der Waals surface area contributed by atoms with Gasteiger partial charge in [-0.15, -0.1) is 11.3 Å². The molecular formula is C23H28N6O4S. The van der Waals surface area contributed by atoms with Crippen LogP contribution in [0.3, 0.4) is 0 Å². The maximum Gasteiger partial charge on any atom is 0.337 e. The number of ether oxygens (including phenoxy) is 1. The molecule has 1 unspecified atom stereocenters. The van der Waals surface area contributed by atoms with Crippen molar-refractivity contribution in [1.29, 1.82) is 0 Å². The lowest BCUT2D eigenvalue weighted by Crippen LogP contribution is -2.28. The summed E-state index contributed by atoms with van der Waals surface area (Å²) in [5.41, 5.74) is 2.61. The highest BCUT2D eigenvalue weighted by Crippen LogP contribution is 2.39. The number of aryl methyl sites for hydroxylation is 1. The fraction of sp³-hybridized carbons (Fsp3) is 0.348. The number of carboxylic acid groups (broad SMARTS) is 1. The zero-order valence-corrected chi connectivity index (χ0v) is 20.6. The molecule has 11 heteroatoms. The first-order valence-electron chi connectivity index (χ1n) is 10.7. The van der Waals surface area contributed by atoms with Gasteiger partial charge in [0.2, 0.25) is 5.88 Å². The minimum atomic E-state index is -1.10.